The van der Waals surface area contributed by atoms with E-state index in [1.54, 1.807) is 6.33 Å². The van der Waals surface area contributed by atoms with Crippen LogP contribution in [0.2, 0.25) is 0 Å². The van der Waals surface area contributed by atoms with Crippen molar-refractivity contribution in [2.45, 2.75) is 45.2 Å². The molecule has 3 heterocycles. The van der Waals surface area contributed by atoms with Gasteiger partial charge in [-0.15, -0.1) is 0 Å². The van der Waals surface area contributed by atoms with Gasteiger partial charge in [0.05, 0.1) is 12.9 Å². The Labute approximate surface area is 170 Å². The largest absolute Gasteiger partial charge is 0.461 e. The number of rotatable bonds is 4. The van der Waals surface area contributed by atoms with E-state index >= 15 is 0 Å². The van der Waals surface area contributed by atoms with Crippen molar-refractivity contribution in [1.29, 1.82) is 0 Å². The zero-order valence-electron chi connectivity index (χ0n) is 17.3. The van der Waals surface area contributed by atoms with Gasteiger partial charge in [-0.2, -0.15) is 0 Å². The fourth-order valence-electron chi connectivity index (χ4n) is 5.49. The fraction of sp³-hybridized carbons (Fsp3) is 0.478. The van der Waals surface area contributed by atoms with Crippen molar-refractivity contribution in [3.05, 3.63) is 53.2 Å². The number of nitrogens with one attached hydrogen (secondary N) is 1. The minimum Gasteiger partial charge on any atom is -0.461 e. The van der Waals surface area contributed by atoms with Crippen LogP contribution in [0, 0.1) is 12.8 Å². The predicted octanol–water partition coefficient (Wildman–Crippen LogP) is 3.51. The zero-order valence-corrected chi connectivity index (χ0v) is 17.3. The third-order valence-corrected chi connectivity index (χ3v) is 6.84. The van der Waals surface area contributed by atoms with Gasteiger partial charge in [-0.25, -0.2) is 9.78 Å². The first kappa shape index (κ1) is 18.4. The highest BCUT2D eigenvalue weighted by Gasteiger charge is 2.39. The highest BCUT2D eigenvalue weighted by molar-refractivity contribution is 5.89. The zero-order chi connectivity index (χ0) is 20.1. The number of carbonyl (C=O) groups excluding carboxylic acids is 1. The molecule has 0 radical (unpaired) electrons. The van der Waals surface area contributed by atoms with E-state index in [1.165, 1.54) is 22.0 Å². The first-order valence-electron chi connectivity index (χ1n) is 10.5. The molecule has 6 heteroatoms. The number of benzene rings is 1. The number of carbonyl (C=O) groups is 1. The van der Waals surface area contributed by atoms with E-state index in [4.69, 9.17) is 4.74 Å². The first-order chi connectivity index (χ1) is 14.1. The summed E-state index contributed by atoms with van der Waals surface area (Å²) in [7, 11) is 2.26. The molecule has 1 aliphatic heterocycles. The molecule has 2 aliphatic rings. The Kier molecular flexibility index (Phi) is 4.46. The fourth-order valence-corrected chi connectivity index (χ4v) is 5.49. The van der Waals surface area contributed by atoms with E-state index in [0.717, 1.165) is 31.6 Å². The summed E-state index contributed by atoms with van der Waals surface area (Å²) >= 11 is 0. The number of likely N-dealkylation sites (tertiary alicyclic amines) is 1. The number of nitrogens with zero attached hydrogens (tertiary/aromatic N) is 3. The number of ether oxygens (including phenoxy) is 1. The molecule has 0 amide bonds. The van der Waals surface area contributed by atoms with E-state index in [2.05, 4.69) is 50.9 Å². The van der Waals surface area contributed by atoms with Gasteiger partial charge in [0.15, 0.2) is 5.69 Å². The van der Waals surface area contributed by atoms with E-state index < -0.39 is 0 Å². The second-order valence-electron chi connectivity index (χ2n) is 8.55. The summed E-state index contributed by atoms with van der Waals surface area (Å²) in [4.78, 5) is 22.4. The average Bonchev–Trinajstić information content (AvgIpc) is 3.28. The van der Waals surface area contributed by atoms with Gasteiger partial charge in [0.2, 0.25) is 0 Å². The maximum Gasteiger partial charge on any atom is 0.358 e. The van der Waals surface area contributed by atoms with Crippen molar-refractivity contribution >= 4 is 16.9 Å². The lowest BCUT2D eigenvalue weighted by atomic mass is 9.72. The maximum absolute atomic E-state index is 12.1. The smallest absolute Gasteiger partial charge is 0.358 e. The second-order valence-corrected chi connectivity index (χ2v) is 8.55. The van der Waals surface area contributed by atoms with Gasteiger partial charge >= 0.3 is 5.97 Å². The van der Waals surface area contributed by atoms with Crippen LogP contribution in [0.15, 0.2) is 30.7 Å². The molecule has 1 unspecified atom stereocenters. The summed E-state index contributed by atoms with van der Waals surface area (Å²) in [5.41, 5.74) is 5.53. The lowest BCUT2D eigenvalue weighted by Gasteiger charge is -2.45. The summed E-state index contributed by atoms with van der Waals surface area (Å²) in [5.74, 6) is 0.725. The number of aromatic amines is 1. The summed E-state index contributed by atoms with van der Waals surface area (Å²) in [6.07, 6.45) is 6.25. The number of hydrogen-bond acceptors (Lipinski definition) is 4. The number of hydrogen-bond donors (Lipinski definition) is 1. The molecule has 1 aromatic carbocycles. The van der Waals surface area contributed by atoms with Gasteiger partial charge in [-0.1, -0.05) is 12.1 Å². The molecular formula is C23H28N4O2. The molecule has 0 spiro atoms. The summed E-state index contributed by atoms with van der Waals surface area (Å²) in [6.45, 7) is 6.08. The molecule has 5 rings (SSSR count). The molecule has 1 saturated heterocycles. The molecule has 0 bridgehead atoms. The minimum atomic E-state index is -0.330. The average molecular weight is 393 g/mol. The van der Waals surface area contributed by atoms with E-state index in [9.17, 15) is 4.79 Å². The molecule has 3 atom stereocenters. The van der Waals surface area contributed by atoms with E-state index in [1.807, 2.05) is 13.8 Å². The van der Waals surface area contributed by atoms with Crippen LogP contribution < -0.4 is 0 Å². The molecular weight excluding hydrogens is 364 g/mol. The molecule has 1 N–H and O–H groups in total. The van der Waals surface area contributed by atoms with E-state index in [-0.39, 0.29) is 5.97 Å². The Morgan fingerprint density at radius 3 is 3.07 bits per heavy atom. The van der Waals surface area contributed by atoms with Gasteiger partial charge in [-0.3, -0.25) is 0 Å². The van der Waals surface area contributed by atoms with Gasteiger partial charge in [0, 0.05) is 47.8 Å². The summed E-state index contributed by atoms with van der Waals surface area (Å²) in [5, 5.41) is 1.44. The van der Waals surface area contributed by atoms with Crippen LogP contribution in [0.1, 0.15) is 46.6 Å². The molecule has 152 valence electrons. The van der Waals surface area contributed by atoms with Gasteiger partial charge in [0.1, 0.15) is 0 Å². The molecule has 3 aromatic rings. The van der Waals surface area contributed by atoms with Gasteiger partial charge in [0.25, 0.3) is 0 Å². The van der Waals surface area contributed by atoms with Crippen LogP contribution in [0.5, 0.6) is 0 Å². The molecule has 1 aliphatic carbocycles. The first-order valence-corrected chi connectivity index (χ1v) is 10.5. The van der Waals surface area contributed by atoms with Crippen molar-refractivity contribution in [2.75, 3.05) is 20.2 Å². The third-order valence-electron chi connectivity index (χ3n) is 6.84. The highest BCUT2D eigenvalue weighted by Crippen LogP contribution is 2.44. The Hall–Kier alpha value is -2.60. The molecule has 29 heavy (non-hydrogen) atoms. The van der Waals surface area contributed by atoms with Crippen LogP contribution in [0.3, 0.4) is 0 Å². The van der Waals surface area contributed by atoms with E-state index in [0.29, 0.717) is 30.2 Å². The SMILES string of the molecule is CCOC(=O)c1ncn(CC2C[C@@H]3c4cccc5[nH]cc(c45)C[C@H]3N(C)C2)c1C. The Balaban J connectivity index is 1.41. The number of piperidine rings is 1. The molecule has 0 saturated carbocycles. The lowest BCUT2D eigenvalue weighted by Crippen LogP contribution is -2.48. The molecule has 1 fully saturated rings. The standard InChI is InChI=1S/C23H28N4O2/c1-4-29-23(28)22-14(2)27(13-25-22)12-15-8-18-17-6-5-7-19-21(17)16(10-24-19)9-20(18)26(3)11-15/h5-7,10,13,15,18,20,24H,4,8-9,11-12H2,1-3H3/t15?,18-,20-/m1/s1. The summed E-state index contributed by atoms with van der Waals surface area (Å²) in [6, 6.07) is 7.22. The minimum absolute atomic E-state index is 0.330. The van der Waals surface area contributed by atoms with Crippen molar-refractivity contribution in [3.63, 3.8) is 0 Å². The van der Waals surface area contributed by atoms with Gasteiger partial charge in [-0.05, 0) is 56.8 Å². The quantitative estimate of drug-likeness (QED) is 0.690. The third kappa shape index (κ3) is 2.97. The number of H-pyrrole nitrogens is 1. The Bertz CT molecular complexity index is 1070. The maximum atomic E-state index is 12.1. The molecule has 2 aromatic heterocycles. The topological polar surface area (TPSA) is 63.1 Å². The Morgan fingerprint density at radius 2 is 2.24 bits per heavy atom. The van der Waals surface area contributed by atoms with Crippen LogP contribution in [-0.4, -0.2) is 51.6 Å². The highest BCUT2D eigenvalue weighted by atomic mass is 16.5. The number of esters is 1. The van der Waals surface area contributed by atoms with Crippen LogP contribution in [0.25, 0.3) is 10.9 Å². The summed E-state index contributed by atoms with van der Waals surface area (Å²) < 4.78 is 7.25. The monoisotopic (exact) mass is 392 g/mol. The lowest BCUT2D eigenvalue weighted by molar-refractivity contribution is 0.0518. The normalized spacial score (nSPS) is 23.9. The van der Waals surface area contributed by atoms with Crippen molar-refractivity contribution in [3.8, 4) is 0 Å². The van der Waals surface area contributed by atoms with Crippen LogP contribution >= 0.6 is 0 Å². The second kappa shape index (κ2) is 7.02. The number of fused-ring (bicyclic) bond motifs is 2. The predicted molar refractivity (Wildman–Crippen MR) is 112 cm³/mol. The number of likely N-dealkylation sites (N-methyl/N-ethyl adjacent to an activating group) is 1. The van der Waals surface area contributed by atoms with Crippen molar-refractivity contribution in [2.24, 2.45) is 5.92 Å². The molecule has 6 nitrogen and oxygen atoms in total. The number of imidazole rings is 1. The van der Waals surface area contributed by atoms with Crippen molar-refractivity contribution < 1.29 is 9.53 Å². The number of aromatic nitrogens is 3. The van der Waals surface area contributed by atoms with Crippen molar-refractivity contribution in [1.82, 2.24) is 19.4 Å². The Morgan fingerprint density at radius 1 is 1.38 bits per heavy atom. The van der Waals surface area contributed by atoms with Crippen LogP contribution in [0.4, 0.5) is 0 Å². The van der Waals surface area contributed by atoms with Gasteiger partial charge < -0.3 is 19.2 Å². The van der Waals surface area contributed by atoms with Crippen LogP contribution in [-0.2, 0) is 17.7 Å².